The summed E-state index contributed by atoms with van der Waals surface area (Å²) in [6.07, 6.45) is 5.91. The van der Waals surface area contributed by atoms with Crippen molar-refractivity contribution >= 4 is 27.4 Å². The fourth-order valence-corrected chi connectivity index (χ4v) is 4.73. The molecule has 1 aliphatic heterocycles. The third-order valence-electron chi connectivity index (χ3n) is 4.20. The standard InChI is InChI=1S/C15H19N3OS/c1-9-6-18(7-10(2)19-9)14-13-11-4-3-5-12(11)20-15(13)17-8-16-14/h8-10H,3-7H2,1-2H3. The van der Waals surface area contributed by atoms with E-state index < -0.39 is 0 Å². The molecule has 4 rings (SSSR count). The average molecular weight is 289 g/mol. The van der Waals surface area contributed by atoms with Crippen LogP contribution in [0.2, 0.25) is 0 Å². The van der Waals surface area contributed by atoms with Crippen molar-refractivity contribution in [1.29, 1.82) is 0 Å². The summed E-state index contributed by atoms with van der Waals surface area (Å²) >= 11 is 1.86. The first-order chi connectivity index (χ1) is 9.72. The van der Waals surface area contributed by atoms with E-state index in [1.54, 1.807) is 6.33 Å². The first-order valence-corrected chi connectivity index (χ1v) is 8.19. The summed E-state index contributed by atoms with van der Waals surface area (Å²) < 4.78 is 5.84. The van der Waals surface area contributed by atoms with Gasteiger partial charge in [0, 0.05) is 18.0 Å². The van der Waals surface area contributed by atoms with Crippen LogP contribution < -0.4 is 4.90 Å². The highest BCUT2D eigenvalue weighted by Gasteiger charge is 2.28. The molecule has 0 spiro atoms. The lowest BCUT2D eigenvalue weighted by Gasteiger charge is -2.36. The molecule has 20 heavy (non-hydrogen) atoms. The summed E-state index contributed by atoms with van der Waals surface area (Å²) in [5, 5.41) is 1.31. The summed E-state index contributed by atoms with van der Waals surface area (Å²) in [6, 6.07) is 0. The smallest absolute Gasteiger partial charge is 0.141 e. The first kappa shape index (κ1) is 12.5. The number of nitrogens with zero attached hydrogens (tertiary/aromatic N) is 3. The molecule has 4 nitrogen and oxygen atoms in total. The second-order valence-electron chi connectivity index (χ2n) is 5.90. The number of thiophene rings is 1. The Morgan fingerprint density at radius 3 is 2.80 bits per heavy atom. The fourth-order valence-electron chi connectivity index (χ4n) is 3.50. The molecular formula is C15H19N3OS. The van der Waals surface area contributed by atoms with Crippen molar-refractivity contribution in [3.05, 3.63) is 16.8 Å². The predicted octanol–water partition coefficient (Wildman–Crippen LogP) is 2.79. The van der Waals surface area contributed by atoms with Crippen molar-refractivity contribution in [2.45, 2.75) is 45.3 Å². The van der Waals surface area contributed by atoms with E-state index in [0.717, 1.165) is 23.7 Å². The number of anilines is 1. The van der Waals surface area contributed by atoms with Crippen LogP contribution in [0.3, 0.4) is 0 Å². The summed E-state index contributed by atoms with van der Waals surface area (Å²) in [5.41, 5.74) is 1.51. The van der Waals surface area contributed by atoms with Gasteiger partial charge in [-0.25, -0.2) is 9.97 Å². The Bertz CT molecular complexity index is 644. The maximum absolute atomic E-state index is 5.84. The molecule has 0 N–H and O–H groups in total. The van der Waals surface area contributed by atoms with Crippen molar-refractivity contribution in [2.75, 3.05) is 18.0 Å². The van der Waals surface area contributed by atoms with Crippen LogP contribution in [0.5, 0.6) is 0 Å². The van der Waals surface area contributed by atoms with Crippen LogP contribution >= 0.6 is 11.3 Å². The maximum Gasteiger partial charge on any atom is 0.141 e. The number of hydrogen-bond acceptors (Lipinski definition) is 5. The molecule has 0 radical (unpaired) electrons. The highest BCUT2D eigenvalue weighted by Crippen LogP contribution is 2.40. The highest BCUT2D eigenvalue weighted by atomic mass is 32.1. The third kappa shape index (κ3) is 1.91. The van der Waals surface area contributed by atoms with Gasteiger partial charge < -0.3 is 9.64 Å². The predicted molar refractivity (Wildman–Crippen MR) is 81.7 cm³/mol. The van der Waals surface area contributed by atoms with Gasteiger partial charge in [0.1, 0.15) is 17.0 Å². The van der Waals surface area contributed by atoms with Crippen molar-refractivity contribution in [3.8, 4) is 0 Å². The molecule has 1 saturated heterocycles. The Hall–Kier alpha value is -1.20. The lowest BCUT2D eigenvalue weighted by molar-refractivity contribution is -0.00537. The average Bonchev–Trinajstić information content (AvgIpc) is 2.96. The molecule has 2 aromatic heterocycles. The Balaban J connectivity index is 1.83. The van der Waals surface area contributed by atoms with Crippen LogP contribution in [0.15, 0.2) is 6.33 Å². The molecule has 2 atom stereocenters. The molecule has 1 aliphatic carbocycles. The zero-order valence-corrected chi connectivity index (χ0v) is 12.7. The van der Waals surface area contributed by atoms with E-state index in [1.807, 2.05) is 11.3 Å². The van der Waals surface area contributed by atoms with E-state index in [4.69, 9.17) is 4.74 Å². The topological polar surface area (TPSA) is 38.2 Å². The summed E-state index contributed by atoms with van der Waals surface area (Å²) in [4.78, 5) is 14.2. The minimum Gasteiger partial charge on any atom is -0.372 e. The van der Waals surface area contributed by atoms with Gasteiger partial charge in [0.05, 0.1) is 17.6 Å². The summed E-state index contributed by atoms with van der Waals surface area (Å²) in [6.45, 7) is 6.11. The molecule has 106 valence electrons. The van der Waals surface area contributed by atoms with Crippen LogP contribution in [-0.4, -0.2) is 35.3 Å². The van der Waals surface area contributed by atoms with Gasteiger partial charge in [-0.1, -0.05) is 0 Å². The number of aromatic nitrogens is 2. The zero-order valence-electron chi connectivity index (χ0n) is 11.9. The molecule has 0 amide bonds. The van der Waals surface area contributed by atoms with Crippen molar-refractivity contribution in [2.24, 2.45) is 0 Å². The molecule has 3 heterocycles. The van der Waals surface area contributed by atoms with E-state index in [0.29, 0.717) is 0 Å². The van der Waals surface area contributed by atoms with Gasteiger partial charge in [-0.15, -0.1) is 11.3 Å². The molecule has 0 saturated carbocycles. The van der Waals surface area contributed by atoms with Crippen LogP contribution in [-0.2, 0) is 17.6 Å². The summed E-state index contributed by atoms with van der Waals surface area (Å²) in [7, 11) is 0. The van der Waals surface area contributed by atoms with Crippen molar-refractivity contribution in [1.82, 2.24) is 9.97 Å². The Morgan fingerprint density at radius 2 is 2.00 bits per heavy atom. The second-order valence-corrected chi connectivity index (χ2v) is 6.98. The second kappa shape index (κ2) is 4.67. The lowest BCUT2D eigenvalue weighted by atomic mass is 10.1. The van der Waals surface area contributed by atoms with Crippen molar-refractivity contribution < 1.29 is 4.74 Å². The normalized spacial score (nSPS) is 26.2. The van der Waals surface area contributed by atoms with Gasteiger partial charge in [0.25, 0.3) is 0 Å². The first-order valence-electron chi connectivity index (χ1n) is 7.38. The van der Waals surface area contributed by atoms with Gasteiger partial charge >= 0.3 is 0 Å². The minimum atomic E-state index is 0.260. The van der Waals surface area contributed by atoms with Crippen LogP contribution in [0.25, 0.3) is 10.2 Å². The number of ether oxygens (including phenoxy) is 1. The molecule has 2 aromatic rings. The number of fused-ring (bicyclic) bond motifs is 3. The highest BCUT2D eigenvalue weighted by molar-refractivity contribution is 7.19. The zero-order chi connectivity index (χ0) is 13.7. The Morgan fingerprint density at radius 1 is 1.20 bits per heavy atom. The minimum absolute atomic E-state index is 0.260. The van der Waals surface area contributed by atoms with Gasteiger partial charge in [-0.2, -0.15) is 0 Å². The van der Waals surface area contributed by atoms with E-state index in [2.05, 4.69) is 28.7 Å². The van der Waals surface area contributed by atoms with E-state index in [-0.39, 0.29) is 12.2 Å². The molecule has 2 aliphatic rings. The number of morpholine rings is 1. The van der Waals surface area contributed by atoms with Crippen LogP contribution in [0, 0.1) is 0 Å². The van der Waals surface area contributed by atoms with E-state index >= 15 is 0 Å². The number of hydrogen-bond donors (Lipinski definition) is 0. The van der Waals surface area contributed by atoms with E-state index in [9.17, 15) is 0 Å². The number of aryl methyl sites for hydroxylation is 2. The molecule has 0 bridgehead atoms. The Labute approximate surface area is 122 Å². The van der Waals surface area contributed by atoms with Crippen LogP contribution in [0.1, 0.15) is 30.7 Å². The van der Waals surface area contributed by atoms with Gasteiger partial charge in [-0.3, -0.25) is 0 Å². The van der Waals surface area contributed by atoms with E-state index in [1.165, 1.54) is 35.1 Å². The third-order valence-corrected chi connectivity index (χ3v) is 5.40. The summed E-state index contributed by atoms with van der Waals surface area (Å²) in [5.74, 6) is 1.12. The molecule has 0 aromatic carbocycles. The van der Waals surface area contributed by atoms with Crippen molar-refractivity contribution in [3.63, 3.8) is 0 Å². The number of rotatable bonds is 1. The lowest BCUT2D eigenvalue weighted by Crippen LogP contribution is -2.46. The molecule has 5 heteroatoms. The fraction of sp³-hybridized carbons (Fsp3) is 0.600. The monoisotopic (exact) mass is 289 g/mol. The Kier molecular flexibility index (Phi) is 2.93. The quantitative estimate of drug-likeness (QED) is 0.809. The van der Waals surface area contributed by atoms with Gasteiger partial charge in [-0.05, 0) is 38.7 Å². The SMILES string of the molecule is CC1CN(c2ncnc3sc4c(c23)CCC4)CC(C)O1. The maximum atomic E-state index is 5.84. The molecule has 1 fully saturated rings. The molecular weight excluding hydrogens is 270 g/mol. The largest absolute Gasteiger partial charge is 0.372 e. The van der Waals surface area contributed by atoms with Gasteiger partial charge in [0.2, 0.25) is 0 Å². The van der Waals surface area contributed by atoms with Gasteiger partial charge in [0.15, 0.2) is 0 Å². The van der Waals surface area contributed by atoms with Crippen LogP contribution in [0.4, 0.5) is 5.82 Å². The molecule has 2 unspecified atom stereocenters.